The summed E-state index contributed by atoms with van der Waals surface area (Å²) in [5.74, 6) is 0.255. The van der Waals surface area contributed by atoms with Gasteiger partial charge in [0, 0.05) is 18.5 Å². The highest BCUT2D eigenvalue weighted by Crippen LogP contribution is 2.34. The Morgan fingerprint density at radius 3 is 2.71 bits per heavy atom. The zero-order valence-electron chi connectivity index (χ0n) is 16.0. The molecule has 1 aliphatic heterocycles. The van der Waals surface area contributed by atoms with E-state index in [0.717, 1.165) is 18.5 Å². The van der Waals surface area contributed by atoms with E-state index < -0.39 is 12.1 Å². The van der Waals surface area contributed by atoms with Crippen LogP contribution in [0.1, 0.15) is 31.7 Å². The molecule has 0 aliphatic carbocycles. The molecule has 1 heterocycles. The van der Waals surface area contributed by atoms with Crippen LogP contribution in [-0.2, 0) is 16.0 Å². The first-order chi connectivity index (χ1) is 13.6. The third-order valence-corrected chi connectivity index (χ3v) is 4.65. The molecule has 0 fully saturated rings. The second-order valence-corrected chi connectivity index (χ2v) is 6.73. The first-order valence-electron chi connectivity index (χ1n) is 9.59. The van der Waals surface area contributed by atoms with Crippen molar-refractivity contribution in [3.8, 4) is 11.5 Å². The number of carboxylic acids is 1. The van der Waals surface area contributed by atoms with Gasteiger partial charge in [-0.3, -0.25) is 9.59 Å². The van der Waals surface area contributed by atoms with E-state index in [0.29, 0.717) is 30.0 Å². The van der Waals surface area contributed by atoms with Crippen LogP contribution in [-0.4, -0.2) is 36.2 Å². The van der Waals surface area contributed by atoms with Crippen molar-refractivity contribution in [3.05, 3.63) is 54.1 Å². The minimum Gasteiger partial charge on any atom is -0.493 e. The number of hydrogen-bond acceptors (Lipinski definition) is 4. The summed E-state index contributed by atoms with van der Waals surface area (Å²) in [6, 6.07) is 14.6. The molecule has 1 N–H and O–H groups in total. The SMILES string of the molecule is CCCCN1C(=O)C(CCOc2ccccc2CC(=O)O)Oc2ccccc21. The second kappa shape index (κ2) is 9.26. The van der Waals surface area contributed by atoms with E-state index in [-0.39, 0.29) is 18.9 Å². The Balaban J connectivity index is 1.67. The fourth-order valence-corrected chi connectivity index (χ4v) is 3.23. The number of para-hydroxylation sites is 3. The minimum absolute atomic E-state index is 0.0606. The lowest BCUT2D eigenvalue weighted by atomic mass is 10.1. The van der Waals surface area contributed by atoms with Crippen LogP contribution in [0.3, 0.4) is 0 Å². The van der Waals surface area contributed by atoms with Crippen molar-refractivity contribution in [3.63, 3.8) is 0 Å². The number of carbonyl (C=O) groups excluding carboxylic acids is 1. The highest BCUT2D eigenvalue weighted by atomic mass is 16.5. The van der Waals surface area contributed by atoms with E-state index >= 15 is 0 Å². The molecule has 0 spiro atoms. The summed E-state index contributed by atoms with van der Waals surface area (Å²) in [7, 11) is 0. The zero-order chi connectivity index (χ0) is 19.9. The minimum atomic E-state index is -0.912. The van der Waals surface area contributed by atoms with Crippen molar-refractivity contribution in [2.75, 3.05) is 18.1 Å². The normalized spacial score (nSPS) is 15.7. The van der Waals surface area contributed by atoms with Gasteiger partial charge in [0.25, 0.3) is 5.91 Å². The predicted molar refractivity (Wildman–Crippen MR) is 106 cm³/mol. The maximum absolute atomic E-state index is 12.9. The van der Waals surface area contributed by atoms with Gasteiger partial charge in [-0.2, -0.15) is 0 Å². The van der Waals surface area contributed by atoms with Crippen LogP contribution in [0.4, 0.5) is 5.69 Å². The average molecular weight is 383 g/mol. The fraction of sp³-hybridized carbons (Fsp3) is 0.364. The molecule has 0 bridgehead atoms. The second-order valence-electron chi connectivity index (χ2n) is 6.73. The maximum atomic E-state index is 12.9. The molecule has 28 heavy (non-hydrogen) atoms. The van der Waals surface area contributed by atoms with Crippen LogP contribution < -0.4 is 14.4 Å². The van der Waals surface area contributed by atoms with E-state index in [1.54, 1.807) is 29.2 Å². The summed E-state index contributed by atoms with van der Waals surface area (Å²) in [5.41, 5.74) is 1.42. The monoisotopic (exact) mass is 383 g/mol. The molecular weight excluding hydrogens is 358 g/mol. The Morgan fingerprint density at radius 2 is 1.93 bits per heavy atom. The van der Waals surface area contributed by atoms with E-state index in [2.05, 4.69) is 6.92 Å². The van der Waals surface area contributed by atoms with Gasteiger partial charge in [-0.15, -0.1) is 0 Å². The Bertz CT molecular complexity index is 835. The van der Waals surface area contributed by atoms with Crippen molar-refractivity contribution >= 4 is 17.6 Å². The predicted octanol–water partition coefficient (Wildman–Crippen LogP) is 3.68. The molecule has 1 aliphatic rings. The van der Waals surface area contributed by atoms with E-state index in [4.69, 9.17) is 14.6 Å². The number of anilines is 1. The van der Waals surface area contributed by atoms with Crippen molar-refractivity contribution in [2.45, 2.75) is 38.7 Å². The van der Waals surface area contributed by atoms with Gasteiger partial charge in [-0.1, -0.05) is 43.7 Å². The van der Waals surface area contributed by atoms with Crippen LogP contribution in [0, 0.1) is 0 Å². The Morgan fingerprint density at radius 1 is 1.18 bits per heavy atom. The molecule has 1 amide bonds. The van der Waals surface area contributed by atoms with Gasteiger partial charge >= 0.3 is 5.97 Å². The molecule has 1 unspecified atom stereocenters. The highest BCUT2D eigenvalue weighted by molar-refractivity contribution is 6.00. The number of unbranched alkanes of at least 4 members (excludes halogenated alkanes) is 1. The third kappa shape index (κ3) is 4.63. The number of benzene rings is 2. The standard InChI is InChI=1S/C22H25NO5/c1-2-3-13-23-17-9-5-7-11-19(17)28-20(22(23)26)12-14-27-18-10-6-4-8-16(18)15-21(24)25/h4-11,20H,2-3,12-15H2,1H3,(H,24,25). The summed E-state index contributed by atoms with van der Waals surface area (Å²) in [5, 5.41) is 9.02. The molecule has 3 rings (SSSR count). The summed E-state index contributed by atoms with van der Waals surface area (Å²) in [6.45, 7) is 3.02. The van der Waals surface area contributed by atoms with Gasteiger partial charge in [0.05, 0.1) is 18.7 Å². The van der Waals surface area contributed by atoms with Crippen LogP contribution in [0.2, 0.25) is 0 Å². The smallest absolute Gasteiger partial charge is 0.307 e. The molecule has 0 aromatic heterocycles. The first kappa shape index (κ1) is 19.7. The van der Waals surface area contributed by atoms with Crippen LogP contribution >= 0.6 is 0 Å². The van der Waals surface area contributed by atoms with Crippen LogP contribution in [0.25, 0.3) is 0 Å². The summed E-state index contributed by atoms with van der Waals surface area (Å²) < 4.78 is 11.7. The average Bonchev–Trinajstić information content (AvgIpc) is 2.69. The molecule has 2 aromatic carbocycles. The van der Waals surface area contributed by atoms with Gasteiger partial charge in [0.1, 0.15) is 11.5 Å². The zero-order valence-corrected chi connectivity index (χ0v) is 16.0. The number of fused-ring (bicyclic) bond motifs is 1. The lowest BCUT2D eigenvalue weighted by Crippen LogP contribution is -2.46. The lowest BCUT2D eigenvalue weighted by molar-refractivity contribution is -0.136. The maximum Gasteiger partial charge on any atom is 0.307 e. The van der Waals surface area contributed by atoms with Gasteiger partial charge in [0.15, 0.2) is 6.10 Å². The van der Waals surface area contributed by atoms with E-state index in [1.165, 1.54) is 0 Å². The quantitative estimate of drug-likeness (QED) is 0.715. The number of amides is 1. The molecule has 6 heteroatoms. The summed E-state index contributed by atoms with van der Waals surface area (Å²) in [4.78, 5) is 25.7. The largest absolute Gasteiger partial charge is 0.493 e. The number of aliphatic carboxylic acids is 1. The molecule has 0 radical (unpaired) electrons. The number of carbonyl (C=O) groups is 2. The Kier molecular flexibility index (Phi) is 6.53. The molecular formula is C22H25NO5. The highest BCUT2D eigenvalue weighted by Gasteiger charge is 2.33. The molecule has 6 nitrogen and oxygen atoms in total. The molecule has 2 aromatic rings. The van der Waals surface area contributed by atoms with Crippen LogP contribution in [0.15, 0.2) is 48.5 Å². The van der Waals surface area contributed by atoms with E-state index in [1.807, 2.05) is 24.3 Å². The van der Waals surface area contributed by atoms with Crippen molar-refractivity contribution in [2.24, 2.45) is 0 Å². The number of rotatable bonds is 9. The van der Waals surface area contributed by atoms with Gasteiger partial charge in [0.2, 0.25) is 0 Å². The fourth-order valence-electron chi connectivity index (χ4n) is 3.23. The molecule has 1 atom stereocenters. The van der Waals surface area contributed by atoms with Crippen molar-refractivity contribution < 1.29 is 24.2 Å². The Hall–Kier alpha value is -3.02. The third-order valence-electron chi connectivity index (χ3n) is 4.65. The van der Waals surface area contributed by atoms with E-state index in [9.17, 15) is 9.59 Å². The number of nitrogens with zero attached hydrogens (tertiary/aromatic N) is 1. The molecule has 148 valence electrons. The Labute approximate surface area is 164 Å². The lowest BCUT2D eigenvalue weighted by Gasteiger charge is -2.34. The first-order valence-corrected chi connectivity index (χ1v) is 9.59. The van der Waals surface area contributed by atoms with Crippen molar-refractivity contribution in [1.29, 1.82) is 0 Å². The van der Waals surface area contributed by atoms with Gasteiger partial charge in [-0.25, -0.2) is 0 Å². The summed E-state index contributed by atoms with van der Waals surface area (Å²) >= 11 is 0. The number of carboxylic acid groups (broad SMARTS) is 1. The number of hydrogen-bond donors (Lipinski definition) is 1. The van der Waals surface area contributed by atoms with Crippen molar-refractivity contribution in [1.82, 2.24) is 0 Å². The topological polar surface area (TPSA) is 76.1 Å². The van der Waals surface area contributed by atoms with Crippen LogP contribution in [0.5, 0.6) is 11.5 Å². The van der Waals surface area contributed by atoms with Gasteiger partial charge < -0.3 is 19.5 Å². The van der Waals surface area contributed by atoms with Gasteiger partial charge in [-0.05, 0) is 24.6 Å². The number of ether oxygens (including phenoxy) is 2. The molecule has 0 saturated heterocycles. The molecule has 0 saturated carbocycles. The summed E-state index contributed by atoms with van der Waals surface area (Å²) in [6.07, 6.45) is 1.59.